The number of carbonyl (C=O) groups excluding carboxylic acids is 1. The molecule has 1 aromatic rings. The highest BCUT2D eigenvalue weighted by molar-refractivity contribution is 5.73. The van der Waals surface area contributed by atoms with Crippen LogP contribution >= 0.6 is 0 Å². The zero-order chi connectivity index (χ0) is 16.0. The number of amides is 2. The lowest BCUT2D eigenvalue weighted by molar-refractivity contribution is 0.0960. The number of hydrogen-bond donors (Lipinski definition) is 2. The van der Waals surface area contributed by atoms with Gasteiger partial charge in [0.1, 0.15) is 5.82 Å². The van der Waals surface area contributed by atoms with Crippen molar-refractivity contribution in [3.63, 3.8) is 0 Å². The van der Waals surface area contributed by atoms with Gasteiger partial charge in [-0.25, -0.2) is 9.18 Å². The third-order valence-electron chi connectivity index (χ3n) is 4.26. The zero-order valence-electron chi connectivity index (χ0n) is 13.5. The number of benzene rings is 1. The average Bonchev–Trinajstić information content (AvgIpc) is 2.53. The fraction of sp³-hybridized carbons (Fsp3) is 0.588. The Hall–Kier alpha value is -1.62. The van der Waals surface area contributed by atoms with E-state index in [4.69, 9.17) is 0 Å². The molecule has 0 radical (unpaired) electrons. The Morgan fingerprint density at radius 1 is 1.14 bits per heavy atom. The summed E-state index contributed by atoms with van der Waals surface area (Å²) >= 11 is 0. The Kier molecular flexibility index (Phi) is 5.77. The number of urea groups is 1. The minimum absolute atomic E-state index is 0.0341. The van der Waals surface area contributed by atoms with Crippen molar-refractivity contribution in [2.45, 2.75) is 45.2 Å². The van der Waals surface area contributed by atoms with Crippen molar-refractivity contribution in [1.29, 1.82) is 0 Å². The molecule has 0 aliphatic carbocycles. The quantitative estimate of drug-likeness (QED) is 0.878. The highest BCUT2D eigenvalue weighted by Gasteiger charge is 2.28. The molecule has 22 heavy (non-hydrogen) atoms. The van der Waals surface area contributed by atoms with Crippen LogP contribution in [0.4, 0.5) is 9.18 Å². The predicted octanol–water partition coefficient (Wildman–Crippen LogP) is 2.89. The van der Waals surface area contributed by atoms with Gasteiger partial charge >= 0.3 is 6.03 Å². The summed E-state index contributed by atoms with van der Waals surface area (Å²) in [6.45, 7) is 7.55. The molecule has 1 fully saturated rings. The second-order valence-corrected chi connectivity index (χ2v) is 6.52. The predicted molar refractivity (Wildman–Crippen MR) is 86.1 cm³/mol. The maximum Gasteiger partial charge on any atom is 0.315 e. The van der Waals surface area contributed by atoms with E-state index in [2.05, 4.69) is 29.4 Å². The summed E-state index contributed by atoms with van der Waals surface area (Å²) in [6, 6.07) is 5.96. The van der Waals surface area contributed by atoms with E-state index >= 15 is 0 Å². The van der Waals surface area contributed by atoms with Gasteiger partial charge in [-0.1, -0.05) is 18.6 Å². The summed E-state index contributed by atoms with van der Waals surface area (Å²) in [5, 5.41) is 5.74. The standard InChI is InChI=1S/C17H26FN3O/c1-17(2,21-10-4-3-5-11-21)13-20-16(22)19-12-14-6-8-15(18)9-7-14/h6-9H,3-5,10-13H2,1-2H3,(H2,19,20,22). The first kappa shape index (κ1) is 16.7. The van der Waals surface area contributed by atoms with Gasteiger partial charge in [-0.3, -0.25) is 4.90 Å². The summed E-state index contributed by atoms with van der Waals surface area (Å²) in [5.74, 6) is -0.267. The molecule has 1 aromatic carbocycles. The van der Waals surface area contributed by atoms with E-state index < -0.39 is 0 Å². The van der Waals surface area contributed by atoms with Crippen LogP contribution in [0.3, 0.4) is 0 Å². The lowest BCUT2D eigenvalue weighted by Gasteiger charge is -2.41. The first-order chi connectivity index (χ1) is 10.5. The van der Waals surface area contributed by atoms with Crippen LogP contribution in [0.15, 0.2) is 24.3 Å². The van der Waals surface area contributed by atoms with E-state index in [0.717, 1.165) is 18.7 Å². The third kappa shape index (κ3) is 4.98. The minimum Gasteiger partial charge on any atom is -0.336 e. The first-order valence-corrected chi connectivity index (χ1v) is 7.98. The van der Waals surface area contributed by atoms with Crippen LogP contribution in [-0.2, 0) is 6.54 Å². The second-order valence-electron chi connectivity index (χ2n) is 6.52. The van der Waals surface area contributed by atoms with Gasteiger partial charge in [-0.05, 0) is 57.5 Å². The van der Waals surface area contributed by atoms with E-state index in [9.17, 15) is 9.18 Å². The number of hydrogen-bond acceptors (Lipinski definition) is 2. The van der Waals surface area contributed by atoms with E-state index in [-0.39, 0.29) is 17.4 Å². The molecule has 5 heteroatoms. The first-order valence-electron chi connectivity index (χ1n) is 7.98. The van der Waals surface area contributed by atoms with E-state index in [1.807, 2.05) is 0 Å². The zero-order valence-corrected chi connectivity index (χ0v) is 13.5. The van der Waals surface area contributed by atoms with Crippen LogP contribution in [0.25, 0.3) is 0 Å². The van der Waals surface area contributed by atoms with Gasteiger partial charge in [0.25, 0.3) is 0 Å². The molecular formula is C17H26FN3O. The molecule has 1 saturated heterocycles. The average molecular weight is 307 g/mol. The topological polar surface area (TPSA) is 44.4 Å². The molecule has 0 aromatic heterocycles. The maximum absolute atomic E-state index is 12.8. The van der Waals surface area contributed by atoms with Gasteiger partial charge in [0, 0.05) is 18.6 Å². The van der Waals surface area contributed by atoms with Gasteiger partial charge in [-0.2, -0.15) is 0 Å². The van der Waals surface area contributed by atoms with Crippen LogP contribution < -0.4 is 10.6 Å². The number of carbonyl (C=O) groups is 1. The van der Waals surface area contributed by atoms with Crippen LogP contribution in [0, 0.1) is 5.82 Å². The Labute approximate surface area is 132 Å². The molecular weight excluding hydrogens is 281 g/mol. The molecule has 1 aliphatic heterocycles. The lowest BCUT2D eigenvalue weighted by Crippen LogP contribution is -2.54. The molecule has 0 bridgehead atoms. The number of likely N-dealkylation sites (tertiary alicyclic amines) is 1. The molecule has 2 amide bonds. The molecule has 2 N–H and O–H groups in total. The van der Waals surface area contributed by atoms with Crippen molar-refractivity contribution in [3.05, 3.63) is 35.6 Å². The molecule has 1 heterocycles. The summed E-state index contributed by atoms with van der Waals surface area (Å²) in [5.41, 5.74) is 0.847. The molecule has 2 rings (SSSR count). The summed E-state index contributed by atoms with van der Waals surface area (Å²) < 4.78 is 12.8. The SMILES string of the molecule is CC(C)(CNC(=O)NCc1ccc(F)cc1)N1CCCCC1. The number of piperidine rings is 1. The minimum atomic E-state index is -0.267. The fourth-order valence-electron chi connectivity index (χ4n) is 2.75. The molecule has 122 valence electrons. The molecule has 0 atom stereocenters. The van der Waals surface area contributed by atoms with Crippen molar-refractivity contribution >= 4 is 6.03 Å². The van der Waals surface area contributed by atoms with Gasteiger partial charge in [0.05, 0.1) is 0 Å². The van der Waals surface area contributed by atoms with E-state index in [1.54, 1.807) is 12.1 Å². The van der Waals surface area contributed by atoms with Gasteiger partial charge in [0.2, 0.25) is 0 Å². The van der Waals surface area contributed by atoms with Crippen LogP contribution in [0.5, 0.6) is 0 Å². The maximum atomic E-state index is 12.8. The van der Waals surface area contributed by atoms with Crippen LogP contribution in [-0.4, -0.2) is 36.1 Å². The lowest BCUT2D eigenvalue weighted by atomic mass is 9.98. The summed E-state index contributed by atoms with van der Waals surface area (Å²) in [7, 11) is 0. The Morgan fingerprint density at radius 3 is 2.41 bits per heavy atom. The van der Waals surface area contributed by atoms with Crippen LogP contribution in [0.1, 0.15) is 38.7 Å². The third-order valence-corrected chi connectivity index (χ3v) is 4.26. The Balaban J connectivity index is 1.73. The fourth-order valence-corrected chi connectivity index (χ4v) is 2.75. The number of nitrogens with one attached hydrogen (secondary N) is 2. The van der Waals surface area contributed by atoms with Crippen molar-refractivity contribution < 1.29 is 9.18 Å². The smallest absolute Gasteiger partial charge is 0.315 e. The molecule has 0 spiro atoms. The van der Waals surface area contributed by atoms with E-state index in [1.165, 1.54) is 31.4 Å². The van der Waals surface area contributed by atoms with Gasteiger partial charge in [0.15, 0.2) is 0 Å². The number of halogens is 1. The summed E-state index contributed by atoms with van der Waals surface area (Å²) in [4.78, 5) is 14.3. The summed E-state index contributed by atoms with van der Waals surface area (Å²) in [6.07, 6.45) is 3.78. The van der Waals surface area contributed by atoms with Crippen molar-refractivity contribution in [3.8, 4) is 0 Å². The molecule has 0 unspecified atom stereocenters. The highest BCUT2D eigenvalue weighted by Crippen LogP contribution is 2.19. The monoisotopic (exact) mass is 307 g/mol. The number of rotatable bonds is 5. The second kappa shape index (κ2) is 7.58. The van der Waals surface area contributed by atoms with Crippen molar-refractivity contribution in [2.75, 3.05) is 19.6 Å². The highest BCUT2D eigenvalue weighted by atomic mass is 19.1. The van der Waals surface area contributed by atoms with Crippen molar-refractivity contribution in [2.24, 2.45) is 0 Å². The van der Waals surface area contributed by atoms with Gasteiger partial charge < -0.3 is 10.6 Å². The largest absolute Gasteiger partial charge is 0.336 e. The van der Waals surface area contributed by atoms with E-state index in [0.29, 0.717) is 13.1 Å². The molecule has 0 saturated carbocycles. The van der Waals surface area contributed by atoms with Gasteiger partial charge in [-0.15, -0.1) is 0 Å². The molecule has 1 aliphatic rings. The molecule has 4 nitrogen and oxygen atoms in total. The van der Waals surface area contributed by atoms with Crippen LogP contribution in [0.2, 0.25) is 0 Å². The normalized spacial score (nSPS) is 16.3. The van der Waals surface area contributed by atoms with Crippen molar-refractivity contribution in [1.82, 2.24) is 15.5 Å². The Bertz CT molecular complexity index is 481. The number of nitrogens with zero attached hydrogens (tertiary/aromatic N) is 1. The Morgan fingerprint density at radius 2 is 1.77 bits per heavy atom.